The first kappa shape index (κ1) is 10.4. The minimum atomic E-state index is 0.502. The summed E-state index contributed by atoms with van der Waals surface area (Å²) in [6.45, 7) is 0. The number of fused-ring (bicyclic) bond motifs is 1. The molecule has 0 amide bonds. The first-order valence-corrected chi connectivity index (χ1v) is 6.07. The fourth-order valence-electron chi connectivity index (χ4n) is 1.52. The van der Waals surface area contributed by atoms with E-state index < -0.39 is 0 Å². The molecule has 0 atom stereocenters. The fourth-order valence-corrected chi connectivity index (χ4v) is 2.35. The topological polar surface area (TPSA) is 64.7 Å². The molecule has 0 fully saturated rings. The van der Waals surface area contributed by atoms with Crippen molar-refractivity contribution in [3.05, 3.63) is 35.4 Å². The summed E-state index contributed by atoms with van der Waals surface area (Å²) in [5, 5.41) is 9.35. The number of aromatic nitrogens is 3. The second-order valence-electron chi connectivity index (χ2n) is 3.48. The van der Waals surface area contributed by atoms with Gasteiger partial charge in [0, 0.05) is 10.6 Å². The Hall–Kier alpha value is -1.72. The van der Waals surface area contributed by atoms with Crippen LogP contribution in [-0.4, -0.2) is 15.2 Å². The van der Waals surface area contributed by atoms with Gasteiger partial charge in [0.1, 0.15) is 0 Å². The van der Waals surface area contributed by atoms with Crippen LogP contribution < -0.4 is 5.73 Å². The summed E-state index contributed by atoms with van der Waals surface area (Å²) in [7, 11) is 0. The molecule has 3 rings (SSSR count). The summed E-state index contributed by atoms with van der Waals surface area (Å²) < 4.78 is 0.933. The van der Waals surface area contributed by atoms with Gasteiger partial charge in [-0.05, 0) is 18.2 Å². The van der Waals surface area contributed by atoms with Crippen molar-refractivity contribution in [2.24, 2.45) is 0 Å². The Balaban J connectivity index is 2.13. The van der Waals surface area contributed by atoms with Crippen molar-refractivity contribution in [2.75, 3.05) is 5.73 Å². The quantitative estimate of drug-likeness (QED) is 0.732. The summed E-state index contributed by atoms with van der Waals surface area (Å²) in [6, 6.07) is 9.39. The lowest BCUT2D eigenvalue weighted by molar-refractivity contribution is 1.07. The van der Waals surface area contributed by atoms with Gasteiger partial charge in [-0.3, -0.25) is 0 Å². The van der Waals surface area contributed by atoms with Crippen LogP contribution in [0, 0.1) is 0 Å². The molecular weight excluding hydrogens is 256 g/mol. The van der Waals surface area contributed by atoms with E-state index in [9.17, 15) is 0 Å². The van der Waals surface area contributed by atoms with Crippen LogP contribution >= 0.6 is 22.9 Å². The van der Waals surface area contributed by atoms with Gasteiger partial charge >= 0.3 is 0 Å². The molecule has 2 heterocycles. The maximum Gasteiger partial charge on any atom is 0.194 e. The van der Waals surface area contributed by atoms with Crippen molar-refractivity contribution in [3.8, 4) is 11.3 Å². The number of rotatable bonds is 1. The highest BCUT2D eigenvalue weighted by Crippen LogP contribution is 2.26. The number of halogens is 1. The molecule has 1 aromatic carbocycles. The molecule has 17 heavy (non-hydrogen) atoms. The van der Waals surface area contributed by atoms with Crippen LogP contribution in [0.25, 0.3) is 21.6 Å². The zero-order valence-corrected chi connectivity index (χ0v) is 10.2. The summed E-state index contributed by atoms with van der Waals surface area (Å²) >= 11 is 7.24. The van der Waals surface area contributed by atoms with Gasteiger partial charge in [-0.15, -0.1) is 10.2 Å². The van der Waals surface area contributed by atoms with Crippen molar-refractivity contribution in [1.29, 1.82) is 0 Å². The Bertz CT molecular complexity index is 678. The molecule has 0 saturated carbocycles. The van der Waals surface area contributed by atoms with Crippen LogP contribution in [0.1, 0.15) is 0 Å². The number of nitrogens with two attached hydrogens (primary N) is 1. The van der Waals surface area contributed by atoms with E-state index in [2.05, 4.69) is 15.2 Å². The molecule has 2 N–H and O–H groups in total. The minimum absolute atomic E-state index is 0.502. The highest BCUT2D eigenvalue weighted by Gasteiger charge is 2.06. The van der Waals surface area contributed by atoms with Gasteiger partial charge in [-0.25, -0.2) is 0 Å². The highest BCUT2D eigenvalue weighted by atomic mass is 35.5. The average Bonchev–Trinajstić information content (AvgIpc) is 2.69. The van der Waals surface area contributed by atoms with Crippen molar-refractivity contribution in [3.63, 3.8) is 0 Å². The Morgan fingerprint density at radius 1 is 1.12 bits per heavy atom. The molecule has 0 aliphatic carbocycles. The molecule has 0 unspecified atom stereocenters. The number of anilines is 1. The van der Waals surface area contributed by atoms with E-state index in [1.165, 1.54) is 11.3 Å². The molecule has 0 bridgehead atoms. The largest absolute Gasteiger partial charge is 0.375 e. The third kappa shape index (κ3) is 1.94. The molecule has 0 radical (unpaired) electrons. The summed E-state index contributed by atoms with van der Waals surface area (Å²) in [6.07, 6.45) is 0. The van der Waals surface area contributed by atoms with Gasteiger partial charge in [-0.2, -0.15) is 4.98 Å². The maximum absolute atomic E-state index is 5.84. The number of nitrogen functional groups attached to an aromatic ring is 1. The minimum Gasteiger partial charge on any atom is -0.375 e. The maximum atomic E-state index is 5.84. The zero-order valence-electron chi connectivity index (χ0n) is 8.59. The Morgan fingerprint density at radius 2 is 1.88 bits per heavy atom. The molecule has 0 spiro atoms. The van der Waals surface area contributed by atoms with Crippen LogP contribution in [0.15, 0.2) is 30.3 Å². The summed E-state index contributed by atoms with van der Waals surface area (Å²) in [5.41, 5.74) is 7.97. The Labute approximate surface area is 106 Å². The van der Waals surface area contributed by atoms with E-state index in [0.717, 1.165) is 16.0 Å². The van der Waals surface area contributed by atoms with Gasteiger partial charge in [0.2, 0.25) is 0 Å². The zero-order chi connectivity index (χ0) is 11.8. The van der Waals surface area contributed by atoms with E-state index in [0.29, 0.717) is 15.8 Å². The number of benzene rings is 1. The molecule has 84 valence electrons. The first-order chi connectivity index (χ1) is 8.22. The number of hydrogen-bond acceptors (Lipinski definition) is 5. The standard InChI is InChI=1S/C11H7ClN4S/c12-7-3-1-6(2-4-7)8-5-9-10(16-15-8)14-11(13)17-9/h1-5H,(H2,13,14,16). The highest BCUT2D eigenvalue weighted by molar-refractivity contribution is 7.22. The Kier molecular flexibility index (Phi) is 2.42. The van der Waals surface area contributed by atoms with Gasteiger partial charge in [-0.1, -0.05) is 35.1 Å². The van der Waals surface area contributed by atoms with Gasteiger partial charge in [0.05, 0.1) is 10.4 Å². The van der Waals surface area contributed by atoms with Crippen molar-refractivity contribution < 1.29 is 0 Å². The number of hydrogen-bond donors (Lipinski definition) is 1. The van der Waals surface area contributed by atoms with Crippen LogP contribution in [0.4, 0.5) is 5.13 Å². The predicted molar refractivity (Wildman–Crippen MR) is 70.1 cm³/mol. The predicted octanol–water partition coefficient (Wildman–Crippen LogP) is 2.99. The van der Waals surface area contributed by atoms with E-state index >= 15 is 0 Å². The van der Waals surface area contributed by atoms with Crippen molar-refractivity contribution in [2.45, 2.75) is 0 Å². The van der Waals surface area contributed by atoms with Crippen molar-refractivity contribution >= 4 is 38.4 Å². The molecule has 4 nitrogen and oxygen atoms in total. The number of nitrogens with zero attached hydrogens (tertiary/aromatic N) is 3. The molecule has 6 heteroatoms. The molecular formula is C11H7ClN4S. The molecule has 2 aromatic heterocycles. The lowest BCUT2D eigenvalue weighted by Crippen LogP contribution is -1.88. The first-order valence-electron chi connectivity index (χ1n) is 4.88. The molecule has 0 aliphatic rings. The second-order valence-corrected chi connectivity index (χ2v) is 4.98. The van der Waals surface area contributed by atoms with Gasteiger partial charge < -0.3 is 5.73 Å². The normalized spacial score (nSPS) is 10.9. The Morgan fingerprint density at radius 3 is 2.65 bits per heavy atom. The molecule has 0 aliphatic heterocycles. The monoisotopic (exact) mass is 262 g/mol. The van der Waals surface area contributed by atoms with E-state index in [1.54, 1.807) is 0 Å². The van der Waals surface area contributed by atoms with E-state index in [4.69, 9.17) is 17.3 Å². The molecule has 0 saturated heterocycles. The molecule has 3 aromatic rings. The lowest BCUT2D eigenvalue weighted by atomic mass is 10.1. The third-order valence-electron chi connectivity index (χ3n) is 2.31. The van der Waals surface area contributed by atoms with E-state index in [-0.39, 0.29) is 0 Å². The summed E-state index contributed by atoms with van der Waals surface area (Å²) in [5.74, 6) is 0. The summed E-state index contributed by atoms with van der Waals surface area (Å²) in [4.78, 5) is 4.06. The van der Waals surface area contributed by atoms with Crippen LogP contribution in [-0.2, 0) is 0 Å². The van der Waals surface area contributed by atoms with E-state index in [1.807, 2.05) is 30.3 Å². The smallest absolute Gasteiger partial charge is 0.194 e. The third-order valence-corrected chi connectivity index (χ3v) is 3.38. The number of thiazole rings is 1. The van der Waals surface area contributed by atoms with Gasteiger partial charge in [0.25, 0.3) is 0 Å². The van der Waals surface area contributed by atoms with Crippen LogP contribution in [0.2, 0.25) is 5.02 Å². The average molecular weight is 263 g/mol. The second kappa shape index (κ2) is 3.94. The van der Waals surface area contributed by atoms with Crippen LogP contribution in [0.3, 0.4) is 0 Å². The lowest BCUT2D eigenvalue weighted by Gasteiger charge is -1.99. The van der Waals surface area contributed by atoms with Crippen molar-refractivity contribution in [1.82, 2.24) is 15.2 Å². The van der Waals surface area contributed by atoms with Crippen LogP contribution in [0.5, 0.6) is 0 Å². The SMILES string of the molecule is Nc1nc2nnc(-c3ccc(Cl)cc3)cc2s1. The van der Waals surface area contributed by atoms with Gasteiger partial charge in [0.15, 0.2) is 10.8 Å². The fraction of sp³-hybridized carbons (Fsp3) is 0.